The number of aromatic nitrogens is 2. The second kappa shape index (κ2) is 6.46. The first-order chi connectivity index (χ1) is 9.57. The van der Waals surface area contributed by atoms with Crippen LogP contribution in [0.2, 0.25) is 0 Å². The molecule has 3 rings (SSSR count). The summed E-state index contributed by atoms with van der Waals surface area (Å²) in [5.74, 6) is 1.35. The van der Waals surface area contributed by atoms with Gasteiger partial charge in [-0.1, -0.05) is 33.2 Å². The summed E-state index contributed by atoms with van der Waals surface area (Å²) < 4.78 is 6.45. The van der Waals surface area contributed by atoms with Gasteiger partial charge in [0.2, 0.25) is 5.89 Å². The molecule has 0 atom stereocenters. The molecule has 0 aliphatic heterocycles. The second-order valence-corrected chi connectivity index (χ2v) is 6.46. The fourth-order valence-electron chi connectivity index (χ4n) is 2.45. The molecule has 114 valence electrons. The fourth-order valence-corrected chi connectivity index (χ4v) is 2.70. The van der Waals surface area contributed by atoms with Crippen molar-refractivity contribution >= 4 is 28.3 Å². The van der Waals surface area contributed by atoms with E-state index in [0.717, 1.165) is 36.6 Å². The predicted octanol–water partition coefficient (Wildman–Crippen LogP) is 3.69. The Kier molecular flexibility index (Phi) is 5.07. The topological polar surface area (TPSA) is 64.9 Å². The summed E-state index contributed by atoms with van der Waals surface area (Å²) in [5, 5.41) is 4.04. The average molecular weight is 373 g/mol. The van der Waals surface area contributed by atoms with Gasteiger partial charge in [0.05, 0.1) is 5.54 Å². The summed E-state index contributed by atoms with van der Waals surface area (Å²) in [5.41, 5.74) is 8.37. The van der Waals surface area contributed by atoms with Crippen LogP contribution in [0, 0.1) is 6.92 Å². The molecule has 1 aromatic carbocycles. The molecule has 1 fully saturated rings. The highest BCUT2D eigenvalue weighted by Crippen LogP contribution is 2.36. The van der Waals surface area contributed by atoms with Crippen molar-refractivity contribution in [3.63, 3.8) is 0 Å². The predicted molar refractivity (Wildman–Crippen MR) is 87.5 cm³/mol. The summed E-state index contributed by atoms with van der Waals surface area (Å²) in [6.07, 6.45) is 4.71. The summed E-state index contributed by atoms with van der Waals surface area (Å²) >= 11 is 3.51. The van der Waals surface area contributed by atoms with E-state index in [-0.39, 0.29) is 17.9 Å². The maximum absolute atomic E-state index is 6.19. The third kappa shape index (κ3) is 3.47. The molecule has 1 aliphatic carbocycles. The highest BCUT2D eigenvalue weighted by Gasteiger charge is 2.38. The Labute approximate surface area is 139 Å². The summed E-state index contributed by atoms with van der Waals surface area (Å²) in [7, 11) is 0. The quantitative estimate of drug-likeness (QED) is 0.889. The Bertz CT molecular complexity index is 625. The second-order valence-electron chi connectivity index (χ2n) is 5.60. The summed E-state index contributed by atoms with van der Waals surface area (Å²) in [6, 6.07) is 6.37. The molecule has 1 heterocycles. The first-order valence-electron chi connectivity index (χ1n) is 6.94. The van der Waals surface area contributed by atoms with Gasteiger partial charge >= 0.3 is 0 Å². The van der Waals surface area contributed by atoms with Crippen LogP contribution in [0.3, 0.4) is 0 Å². The van der Waals surface area contributed by atoms with Gasteiger partial charge in [0.1, 0.15) is 0 Å². The molecule has 6 heteroatoms. The Morgan fingerprint density at radius 1 is 1.33 bits per heavy atom. The van der Waals surface area contributed by atoms with Crippen LogP contribution >= 0.6 is 28.3 Å². The van der Waals surface area contributed by atoms with E-state index in [1.807, 2.05) is 0 Å². The molecular weight excluding hydrogens is 354 g/mol. The standard InChI is InChI=1S/C15H18BrN3O.ClH/c1-10-9-11(3-5-12(10)16)4-6-13-18-14(19-20-13)15(17)7-2-8-15;/h3,5,9H,2,4,6-8,17H2,1H3;1H. The normalized spacial score (nSPS) is 16.1. The lowest BCUT2D eigenvalue weighted by molar-refractivity contribution is 0.229. The molecule has 4 nitrogen and oxygen atoms in total. The fraction of sp³-hybridized carbons (Fsp3) is 0.467. The number of benzene rings is 1. The van der Waals surface area contributed by atoms with Gasteiger partial charge in [-0.2, -0.15) is 4.98 Å². The van der Waals surface area contributed by atoms with Crippen molar-refractivity contribution in [2.24, 2.45) is 5.73 Å². The van der Waals surface area contributed by atoms with Gasteiger partial charge in [-0.3, -0.25) is 0 Å². The van der Waals surface area contributed by atoms with E-state index >= 15 is 0 Å². The van der Waals surface area contributed by atoms with Crippen LogP contribution in [0.4, 0.5) is 0 Å². The molecule has 0 unspecified atom stereocenters. The highest BCUT2D eigenvalue weighted by molar-refractivity contribution is 9.10. The molecule has 0 saturated heterocycles. The third-order valence-electron chi connectivity index (χ3n) is 4.01. The van der Waals surface area contributed by atoms with E-state index in [0.29, 0.717) is 11.7 Å². The molecule has 1 aromatic heterocycles. The SMILES string of the molecule is Cc1cc(CCc2nc(C3(N)CCC3)no2)ccc1Br.Cl. The monoisotopic (exact) mass is 371 g/mol. The molecule has 2 aromatic rings. The van der Waals surface area contributed by atoms with Gasteiger partial charge in [0.25, 0.3) is 0 Å². The minimum Gasteiger partial charge on any atom is -0.339 e. The minimum absolute atomic E-state index is 0. The van der Waals surface area contributed by atoms with Crippen LogP contribution < -0.4 is 5.73 Å². The van der Waals surface area contributed by atoms with Crippen LogP contribution in [0.5, 0.6) is 0 Å². The Hall–Kier alpha value is -0.910. The van der Waals surface area contributed by atoms with Crippen molar-refractivity contribution in [1.29, 1.82) is 0 Å². The van der Waals surface area contributed by atoms with E-state index < -0.39 is 0 Å². The van der Waals surface area contributed by atoms with E-state index in [4.69, 9.17) is 10.3 Å². The van der Waals surface area contributed by atoms with E-state index in [9.17, 15) is 0 Å². The van der Waals surface area contributed by atoms with Gasteiger partial charge in [-0.25, -0.2) is 0 Å². The molecule has 1 saturated carbocycles. The number of halogens is 2. The van der Waals surface area contributed by atoms with Crippen molar-refractivity contribution in [2.75, 3.05) is 0 Å². The van der Waals surface area contributed by atoms with Gasteiger partial charge < -0.3 is 10.3 Å². The molecule has 21 heavy (non-hydrogen) atoms. The van der Waals surface area contributed by atoms with E-state index in [2.05, 4.69) is 51.2 Å². The minimum atomic E-state index is -0.337. The Balaban J connectivity index is 0.00000161. The molecule has 0 amide bonds. The van der Waals surface area contributed by atoms with Crippen molar-refractivity contribution in [3.05, 3.63) is 45.5 Å². The Morgan fingerprint density at radius 2 is 2.10 bits per heavy atom. The van der Waals surface area contributed by atoms with Gasteiger partial charge in [0.15, 0.2) is 5.82 Å². The molecule has 0 spiro atoms. The first-order valence-corrected chi connectivity index (χ1v) is 7.73. The van der Waals surface area contributed by atoms with Crippen LogP contribution in [0.1, 0.15) is 42.1 Å². The molecule has 2 N–H and O–H groups in total. The highest BCUT2D eigenvalue weighted by atomic mass is 79.9. The largest absolute Gasteiger partial charge is 0.339 e. The number of hydrogen-bond acceptors (Lipinski definition) is 4. The molecule has 1 aliphatic rings. The van der Waals surface area contributed by atoms with Crippen molar-refractivity contribution in [3.8, 4) is 0 Å². The lowest BCUT2D eigenvalue weighted by Gasteiger charge is -2.34. The summed E-state index contributed by atoms with van der Waals surface area (Å²) in [4.78, 5) is 4.45. The van der Waals surface area contributed by atoms with E-state index in [1.165, 1.54) is 11.1 Å². The average Bonchev–Trinajstić information content (AvgIpc) is 2.86. The maximum Gasteiger partial charge on any atom is 0.227 e. The summed E-state index contributed by atoms with van der Waals surface area (Å²) in [6.45, 7) is 2.09. The zero-order chi connectivity index (χ0) is 14.2. The lowest BCUT2D eigenvalue weighted by Crippen LogP contribution is -2.44. The third-order valence-corrected chi connectivity index (χ3v) is 4.90. The zero-order valence-corrected chi connectivity index (χ0v) is 14.3. The van der Waals surface area contributed by atoms with Crippen molar-refractivity contribution < 1.29 is 4.52 Å². The number of rotatable bonds is 4. The van der Waals surface area contributed by atoms with Crippen LogP contribution in [0.25, 0.3) is 0 Å². The number of nitrogens with two attached hydrogens (primary N) is 1. The number of hydrogen-bond donors (Lipinski definition) is 1. The maximum atomic E-state index is 6.19. The van der Waals surface area contributed by atoms with Crippen LogP contribution in [-0.2, 0) is 18.4 Å². The lowest BCUT2D eigenvalue weighted by atomic mass is 9.77. The molecule has 0 bridgehead atoms. The number of nitrogens with zero attached hydrogens (tertiary/aromatic N) is 2. The smallest absolute Gasteiger partial charge is 0.227 e. The van der Waals surface area contributed by atoms with Crippen molar-refractivity contribution in [1.82, 2.24) is 10.1 Å². The van der Waals surface area contributed by atoms with Gasteiger partial charge in [0, 0.05) is 10.9 Å². The first kappa shape index (κ1) is 16.5. The zero-order valence-electron chi connectivity index (χ0n) is 11.9. The van der Waals surface area contributed by atoms with Crippen LogP contribution in [-0.4, -0.2) is 10.1 Å². The van der Waals surface area contributed by atoms with E-state index in [1.54, 1.807) is 0 Å². The van der Waals surface area contributed by atoms with Crippen molar-refractivity contribution in [2.45, 2.75) is 44.6 Å². The van der Waals surface area contributed by atoms with Crippen LogP contribution in [0.15, 0.2) is 27.2 Å². The van der Waals surface area contributed by atoms with Gasteiger partial charge in [-0.15, -0.1) is 12.4 Å². The number of aryl methyl sites for hydroxylation is 3. The van der Waals surface area contributed by atoms with Gasteiger partial charge in [-0.05, 0) is 49.8 Å². The molecule has 0 radical (unpaired) electrons. The molecular formula is C15H19BrClN3O. The Morgan fingerprint density at radius 3 is 2.71 bits per heavy atom.